The molecule has 1 aliphatic heterocycles. The smallest absolute Gasteiger partial charge is 0.251 e. The third-order valence-electron chi connectivity index (χ3n) is 3.72. The van der Waals surface area contributed by atoms with Gasteiger partial charge >= 0.3 is 0 Å². The van der Waals surface area contributed by atoms with Crippen molar-refractivity contribution in [3.63, 3.8) is 0 Å². The standard InChI is InChI=1S/C13H17N5O2S/c1-13(2)11(20)15-9(19)7-18(13)10-8(6-14-3)17-4-5-21-12(17)16-10/h4-5,14H,6-7H2,1-3H3,(H,15,19,20). The summed E-state index contributed by atoms with van der Waals surface area (Å²) in [7, 11) is 1.86. The van der Waals surface area contributed by atoms with Crippen LogP contribution in [0.15, 0.2) is 11.6 Å². The summed E-state index contributed by atoms with van der Waals surface area (Å²) in [6.07, 6.45) is 1.95. The number of hydrogen-bond donors (Lipinski definition) is 2. The van der Waals surface area contributed by atoms with Gasteiger partial charge in [0.05, 0.1) is 12.2 Å². The first-order valence-electron chi connectivity index (χ1n) is 6.66. The van der Waals surface area contributed by atoms with Gasteiger partial charge in [-0.05, 0) is 20.9 Å². The quantitative estimate of drug-likeness (QED) is 0.800. The van der Waals surface area contributed by atoms with Gasteiger partial charge in [0.2, 0.25) is 5.91 Å². The van der Waals surface area contributed by atoms with Crippen molar-refractivity contribution in [2.24, 2.45) is 0 Å². The number of imidazole rings is 1. The van der Waals surface area contributed by atoms with Crippen LogP contribution in [0.2, 0.25) is 0 Å². The molecule has 3 heterocycles. The van der Waals surface area contributed by atoms with E-state index in [1.807, 2.05) is 23.0 Å². The molecule has 2 aromatic heterocycles. The number of thiazole rings is 1. The highest BCUT2D eigenvalue weighted by molar-refractivity contribution is 7.15. The SMILES string of the molecule is CNCc1c(N2CC(=O)NC(=O)C2(C)C)nc2sccn12. The van der Waals surface area contributed by atoms with E-state index in [4.69, 9.17) is 0 Å². The Morgan fingerprint density at radius 1 is 1.48 bits per heavy atom. The van der Waals surface area contributed by atoms with Crippen LogP contribution in [0.1, 0.15) is 19.5 Å². The predicted molar refractivity (Wildman–Crippen MR) is 80.4 cm³/mol. The third-order valence-corrected chi connectivity index (χ3v) is 4.48. The molecule has 0 atom stereocenters. The van der Waals surface area contributed by atoms with Crippen molar-refractivity contribution in [1.29, 1.82) is 0 Å². The summed E-state index contributed by atoms with van der Waals surface area (Å²) in [6, 6.07) is 0. The lowest BCUT2D eigenvalue weighted by Crippen LogP contribution is -2.64. The number of nitrogens with zero attached hydrogens (tertiary/aromatic N) is 3. The van der Waals surface area contributed by atoms with E-state index in [0.717, 1.165) is 10.7 Å². The first-order chi connectivity index (χ1) is 9.95. The number of aromatic nitrogens is 2. The molecular weight excluding hydrogens is 290 g/mol. The normalized spacial score (nSPS) is 18.3. The lowest BCUT2D eigenvalue weighted by molar-refractivity contribution is -0.135. The molecule has 2 aromatic rings. The molecule has 7 nitrogen and oxygen atoms in total. The third kappa shape index (κ3) is 2.11. The van der Waals surface area contributed by atoms with E-state index in [1.165, 1.54) is 11.3 Å². The zero-order valence-corrected chi connectivity index (χ0v) is 13.0. The maximum absolute atomic E-state index is 12.1. The molecule has 21 heavy (non-hydrogen) atoms. The van der Waals surface area contributed by atoms with Crippen molar-refractivity contribution in [2.75, 3.05) is 18.5 Å². The van der Waals surface area contributed by atoms with Gasteiger partial charge in [-0.15, -0.1) is 11.3 Å². The van der Waals surface area contributed by atoms with Crippen molar-refractivity contribution in [3.05, 3.63) is 17.3 Å². The number of fused-ring (bicyclic) bond motifs is 1. The van der Waals surface area contributed by atoms with E-state index in [9.17, 15) is 9.59 Å². The summed E-state index contributed by atoms with van der Waals surface area (Å²) in [5.41, 5.74) is 0.129. The molecule has 0 aliphatic carbocycles. The maximum Gasteiger partial charge on any atom is 0.251 e. The number of imide groups is 1. The Kier molecular flexibility index (Phi) is 3.22. The van der Waals surface area contributed by atoms with Crippen LogP contribution in [0.3, 0.4) is 0 Å². The number of hydrogen-bond acceptors (Lipinski definition) is 6. The summed E-state index contributed by atoms with van der Waals surface area (Å²) in [5, 5.41) is 7.46. The van der Waals surface area contributed by atoms with Crippen LogP contribution in [0.4, 0.5) is 5.82 Å². The highest BCUT2D eigenvalue weighted by atomic mass is 32.1. The fraction of sp³-hybridized carbons (Fsp3) is 0.462. The topological polar surface area (TPSA) is 78.7 Å². The summed E-state index contributed by atoms with van der Waals surface area (Å²) in [5.74, 6) is 0.0843. The Hall–Kier alpha value is -1.93. The fourth-order valence-corrected chi connectivity index (χ4v) is 3.22. The Balaban J connectivity index is 2.13. The molecule has 2 N–H and O–H groups in total. The average molecular weight is 307 g/mol. The van der Waals surface area contributed by atoms with Gasteiger partial charge in [-0.1, -0.05) is 0 Å². The van der Waals surface area contributed by atoms with Crippen molar-refractivity contribution in [2.45, 2.75) is 25.9 Å². The molecule has 0 unspecified atom stereocenters. The van der Waals surface area contributed by atoms with Crippen LogP contribution in [0, 0.1) is 0 Å². The molecule has 1 aliphatic rings. The van der Waals surface area contributed by atoms with E-state index in [2.05, 4.69) is 15.6 Å². The Bertz CT molecular complexity index is 717. The minimum Gasteiger partial charge on any atom is -0.332 e. The van der Waals surface area contributed by atoms with Gasteiger partial charge < -0.3 is 10.2 Å². The second-order valence-electron chi connectivity index (χ2n) is 5.49. The van der Waals surface area contributed by atoms with E-state index in [-0.39, 0.29) is 18.4 Å². The van der Waals surface area contributed by atoms with Gasteiger partial charge in [0.25, 0.3) is 5.91 Å². The molecule has 1 fully saturated rings. The zero-order valence-electron chi connectivity index (χ0n) is 12.1. The van der Waals surface area contributed by atoms with E-state index in [1.54, 1.807) is 18.7 Å². The molecule has 0 aromatic carbocycles. The summed E-state index contributed by atoms with van der Waals surface area (Å²) < 4.78 is 1.99. The molecule has 1 saturated heterocycles. The molecule has 8 heteroatoms. The Morgan fingerprint density at radius 3 is 2.95 bits per heavy atom. The predicted octanol–water partition coefficient (Wildman–Crippen LogP) is 0.357. The molecule has 0 radical (unpaired) electrons. The molecule has 112 valence electrons. The fourth-order valence-electron chi connectivity index (χ4n) is 2.49. The minimum atomic E-state index is -0.819. The molecule has 3 rings (SSSR count). The van der Waals surface area contributed by atoms with E-state index < -0.39 is 5.54 Å². The van der Waals surface area contributed by atoms with Crippen LogP contribution in [0.25, 0.3) is 4.96 Å². The second kappa shape index (κ2) is 4.81. The molecule has 0 bridgehead atoms. The molecule has 0 saturated carbocycles. The molecule has 2 amide bonds. The lowest BCUT2D eigenvalue weighted by atomic mass is 9.98. The minimum absolute atomic E-state index is 0.125. The van der Waals surface area contributed by atoms with Gasteiger partial charge in [0, 0.05) is 18.1 Å². The first kappa shape index (κ1) is 14.0. The van der Waals surface area contributed by atoms with Crippen molar-refractivity contribution in [1.82, 2.24) is 20.0 Å². The van der Waals surface area contributed by atoms with Crippen LogP contribution in [0.5, 0.6) is 0 Å². The van der Waals surface area contributed by atoms with Crippen molar-refractivity contribution >= 4 is 33.9 Å². The number of anilines is 1. The summed E-state index contributed by atoms with van der Waals surface area (Å²) in [6.45, 7) is 4.33. The lowest BCUT2D eigenvalue weighted by Gasteiger charge is -2.40. The van der Waals surface area contributed by atoms with Gasteiger partial charge in [0.15, 0.2) is 10.8 Å². The number of piperazine rings is 1. The Labute approximate surface area is 126 Å². The van der Waals surface area contributed by atoms with Crippen LogP contribution < -0.4 is 15.5 Å². The summed E-state index contributed by atoms with van der Waals surface area (Å²) >= 11 is 1.53. The van der Waals surface area contributed by atoms with E-state index >= 15 is 0 Å². The number of carbonyl (C=O) groups excluding carboxylic acids is 2. The molecular formula is C13H17N5O2S. The number of amides is 2. The van der Waals surface area contributed by atoms with Gasteiger partial charge in [0.1, 0.15) is 5.54 Å². The van der Waals surface area contributed by atoms with Gasteiger partial charge in [-0.3, -0.25) is 19.3 Å². The zero-order chi connectivity index (χ0) is 15.2. The van der Waals surface area contributed by atoms with Gasteiger partial charge in [-0.2, -0.15) is 0 Å². The van der Waals surface area contributed by atoms with Gasteiger partial charge in [-0.25, -0.2) is 4.98 Å². The Morgan fingerprint density at radius 2 is 2.24 bits per heavy atom. The largest absolute Gasteiger partial charge is 0.332 e. The molecule has 0 spiro atoms. The summed E-state index contributed by atoms with van der Waals surface area (Å²) in [4.78, 5) is 31.1. The first-order valence-corrected chi connectivity index (χ1v) is 7.54. The van der Waals surface area contributed by atoms with Crippen LogP contribution in [-0.4, -0.2) is 40.3 Å². The van der Waals surface area contributed by atoms with Crippen molar-refractivity contribution in [3.8, 4) is 0 Å². The number of nitrogens with one attached hydrogen (secondary N) is 2. The van der Waals surface area contributed by atoms with E-state index in [0.29, 0.717) is 12.4 Å². The highest BCUT2D eigenvalue weighted by Gasteiger charge is 2.43. The number of rotatable bonds is 3. The second-order valence-corrected chi connectivity index (χ2v) is 6.36. The van der Waals surface area contributed by atoms with Crippen molar-refractivity contribution < 1.29 is 9.59 Å². The maximum atomic E-state index is 12.1. The average Bonchev–Trinajstić information content (AvgIpc) is 2.97. The van der Waals surface area contributed by atoms with Crippen LogP contribution in [-0.2, 0) is 16.1 Å². The monoisotopic (exact) mass is 307 g/mol. The highest BCUT2D eigenvalue weighted by Crippen LogP contribution is 2.31. The van der Waals surface area contributed by atoms with Crippen LogP contribution >= 0.6 is 11.3 Å². The number of carbonyl (C=O) groups is 2.